The topological polar surface area (TPSA) is 74.6 Å². The van der Waals surface area contributed by atoms with Crippen LogP contribution in [0.3, 0.4) is 0 Å². The van der Waals surface area contributed by atoms with Crippen LogP contribution in [0.5, 0.6) is 0 Å². The van der Waals surface area contributed by atoms with Crippen LogP contribution in [0.25, 0.3) is 0 Å². The van der Waals surface area contributed by atoms with Crippen molar-refractivity contribution in [2.75, 3.05) is 0 Å². The summed E-state index contributed by atoms with van der Waals surface area (Å²) in [7, 11) is 0. The minimum absolute atomic E-state index is 0.0556. The van der Waals surface area contributed by atoms with E-state index in [1.165, 1.54) is 6.08 Å². The highest BCUT2D eigenvalue weighted by Crippen LogP contribution is 1.87. The summed E-state index contributed by atoms with van der Waals surface area (Å²) >= 11 is 0. The first-order valence-electron chi connectivity index (χ1n) is 3.64. The van der Waals surface area contributed by atoms with Gasteiger partial charge in [-0.25, -0.2) is 4.79 Å². The van der Waals surface area contributed by atoms with Gasteiger partial charge in [0.15, 0.2) is 0 Å². The van der Waals surface area contributed by atoms with E-state index in [4.69, 9.17) is 10.2 Å². The van der Waals surface area contributed by atoms with Crippen LogP contribution in [-0.2, 0) is 9.59 Å². The van der Waals surface area contributed by atoms with Gasteiger partial charge in [0.25, 0.3) is 0 Å². The van der Waals surface area contributed by atoms with E-state index < -0.39 is 11.9 Å². The third-order valence-corrected chi connectivity index (χ3v) is 1.09. The Balaban J connectivity index is 0. The van der Waals surface area contributed by atoms with Crippen molar-refractivity contribution in [2.24, 2.45) is 0 Å². The van der Waals surface area contributed by atoms with E-state index in [-0.39, 0.29) is 6.42 Å². The number of carboxylic acids is 2. The number of hydrogen-bond donors (Lipinski definition) is 2. The zero-order valence-corrected chi connectivity index (χ0v) is 7.78. The molecule has 0 atom stereocenters. The number of rotatable bonds is 3. The number of carbonyl (C=O) groups is 2. The lowest BCUT2D eigenvalue weighted by molar-refractivity contribution is -0.136. The SMILES string of the molecule is C=CCC(=O)O.CC=C(C)C(=O)O. The van der Waals surface area contributed by atoms with Crippen LogP contribution in [0.1, 0.15) is 20.3 Å². The van der Waals surface area contributed by atoms with Crippen LogP contribution < -0.4 is 0 Å². The third kappa shape index (κ3) is 13.4. The summed E-state index contributed by atoms with van der Waals surface area (Å²) in [6.07, 6.45) is 2.96. The van der Waals surface area contributed by atoms with Crippen molar-refractivity contribution in [3.63, 3.8) is 0 Å². The molecule has 0 unspecified atom stereocenters. The molecule has 13 heavy (non-hydrogen) atoms. The van der Waals surface area contributed by atoms with Gasteiger partial charge < -0.3 is 10.2 Å². The lowest BCUT2D eigenvalue weighted by atomic mass is 10.3. The molecular formula is C9H14O4. The molecule has 0 aliphatic heterocycles. The average molecular weight is 186 g/mol. The van der Waals surface area contributed by atoms with Gasteiger partial charge in [0, 0.05) is 5.57 Å². The van der Waals surface area contributed by atoms with Crippen LogP contribution in [0.2, 0.25) is 0 Å². The number of hydrogen-bond acceptors (Lipinski definition) is 2. The second-order valence-corrected chi connectivity index (χ2v) is 2.16. The summed E-state index contributed by atoms with van der Waals surface area (Å²) in [6, 6.07) is 0. The molecule has 0 aromatic heterocycles. The lowest BCUT2D eigenvalue weighted by Gasteiger charge is -1.84. The van der Waals surface area contributed by atoms with Crippen molar-refractivity contribution >= 4 is 11.9 Å². The van der Waals surface area contributed by atoms with E-state index in [0.29, 0.717) is 5.57 Å². The summed E-state index contributed by atoms with van der Waals surface area (Å²) in [5, 5.41) is 16.0. The summed E-state index contributed by atoms with van der Waals surface area (Å²) in [5.74, 6) is -1.67. The summed E-state index contributed by atoms with van der Waals surface area (Å²) in [6.45, 7) is 6.48. The quantitative estimate of drug-likeness (QED) is 0.519. The highest BCUT2D eigenvalue weighted by Gasteiger charge is 1.93. The average Bonchev–Trinajstić information content (AvgIpc) is 2.03. The molecular weight excluding hydrogens is 172 g/mol. The van der Waals surface area contributed by atoms with Crippen molar-refractivity contribution in [2.45, 2.75) is 20.3 Å². The van der Waals surface area contributed by atoms with E-state index in [1.54, 1.807) is 19.9 Å². The fourth-order valence-electron chi connectivity index (χ4n) is 0.247. The molecule has 0 aliphatic rings. The molecule has 0 spiro atoms. The maximum absolute atomic E-state index is 9.86. The monoisotopic (exact) mass is 186 g/mol. The Morgan fingerprint density at radius 1 is 1.38 bits per heavy atom. The van der Waals surface area contributed by atoms with Crippen molar-refractivity contribution in [1.29, 1.82) is 0 Å². The fourth-order valence-corrected chi connectivity index (χ4v) is 0.247. The van der Waals surface area contributed by atoms with Crippen molar-refractivity contribution in [3.05, 3.63) is 24.3 Å². The predicted molar refractivity (Wildman–Crippen MR) is 49.5 cm³/mol. The number of carboxylic acid groups (broad SMARTS) is 2. The third-order valence-electron chi connectivity index (χ3n) is 1.09. The maximum atomic E-state index is 9.86. The molecule has 0 saturated carbocycles. The minimum atomic E-state index is -0.845. The van der Waals surface area contributed by atoms with E-state index in [2.05, 4.69) is 6.58 Å². The molecule has 0 amide bonds. The standard InChI is InChI=1S/C5H8O2.C4H6O2/c1-3-4(2)5(6)7;1-2-3-4(5)6/h3H,1-2H3,(H,6,7);2H,1,3H2,(H,5,6). The van der Waals surface area contributed by atoms with E-state index >= 15 is 0 Å². The molecule has 0 aromatic carbocycles. The van der Waals surface area contributed by atoms with Gasteiger partial charge in [-0.3, -0.25) is 4.79 Å². The van der Waals surface area contributed by atoms with Crippen LogP contribution in [0.15, 0.2) is 24.3 Å². The molecule has 4 nitrogen and oxygen atoms in total. The molecule has 0 heterocycles. The predicted octanol–water partition coefficient (Wildman–Crippen LogP) is 1.68. The fraction of sp³-hybridized carbons (Fsp3) is 0.333. The van der Waals surface area contributed by atoms with E-state index in [9.17, 15) is 9.59 Å². The van der Waals surface area contributed by atoms with Gasteiger partial charge in [0.2, 0.25) is 0 Å². The largest absolute Gasteiger partial charge is 0.481 e. The van der Waals surface area contributed by atoms with Crippen molar-refractivity contribution in [3.8, 4) is 0 Å². The van der Waals surface area contributed by atoms with Gasteiger partial charge in [-0.05, 0) is 13.8 Å². The second-order valence-electron chi connectivity index (χ2n) is 2.16. The Kier molecular flexibility index (Phi) is 9.15. The van der Waals surface area contributed by atoms with Crippen molar-refractivity contribution in [1.82, 2.24) is 0 Å². The number of allylic oxidation sites excluding steroid dienone is 1. The maximum Gasteiger partial charge on any atom is 0.330 e. The zero-order valence-electron chi connectivity index (χ0n) is 7.78. The summed E-state index contributed by atoms with van der Waals surface area (Å²) < 4.78 is 0. The smallest absolute Gasteiger partial charge is 0.330 e. The Bertz CT molecular complexity index is 216. The molecule has 0 bridgehead atoms. The van der Waals surface area contributed by atoms with Gasteiger partial charge in [-0.1, -0.05) is 12.2 Å². The van der Waals surface area contributed by atoms with Crippen molar-refractivity contribution < 1.29 is 19.8 Å². The normalized spacial score (nSPS) is 9.54. The Morgan fingerprint density at radius 2 is 1.85 bits per heavy atom. The van der Waals surface area contributed by atoms with Gasteiger partial charge in [-0.15, -0.1) is 6.58 Å². The van der Waals surface area contributed by atoms with Crippen LogP contribution >= 0.6 is 0 Å². The summed E-state index contributed by atoms with van der Waals surface area (Å²) in [5.41, 5.74) is 0.389. The highest BCUT2D eigenvalue weighted by atomic mass is 16.4. The first kappa shape index (κ1) is 14.0. The van der Waals surface area contributed by atoms with Gasteiger partial charge >= 0.3 is 11.9 Å². The van der Waals surface area contributed by atoms with E-state index in [1.807, 2.05) is 0 Å². The Morgan fingerprint density at radius 3 is 1.85 bits per heavy atom. The molecule has 2 N–H and O–H groups in total. The number of aliphatic carboxylic acids is 2. The van der Waals surface area contributed by atoms with Gasteiger partial charge in [0.05, 0.1) is 6.42 Å². The molecule has 0 radical (unpaired) electrons. The van der Waals surface area contributed by atoms with Crippen LogP contribution in [0, 0.1) is 0 Å². The summed E-state index contributed by atoms with van der Waals surface area (Å²) in [4.78, 5) is 19.4. The lowest BCUT2D eigenvalue weighted by Crippen LogP contribution is -1.93. The first-order chi connectivity index (χ1) is 5.95. The first-order valence-corrected chi connectivity index (χ1v) is 3.64. The van der Waals surface area contributed by atoms with Crippen LogP contribution in [-0.4, -0.2) is 22.2 Å². The molecule has 0 rings (SSSR count). The van der Waals surface area contributed by atoms with Gasteiger partial charge in [0.1, 0.15) is 0 Å². The Hall–Kier alpha value is -1.58. The molecule has 74 valence electrons. The van der Waals surface area contributed by atoms with E-state index in [0.717, 1.165) is 0 Å². The molecule has 0 fully saturated rings. The molecule has 0 aliphatic carbocycles. The van der Waals surface area contributed by atoms with Crippen LogP contribution in [0.4, 0.5) is 0 Å². The van der Waals surface area contributed by atoms with Gasteiger partial charge in [-0.2, -0.15) is 0 Å². The zero-order chi connectivity index (χ0) is 10.9. The Labute approximate surface area is 77.2 Å². The molecule has 0 saturated heterocycles. The minimum Gasteiger partial charge on any atom is -0.481 e. The highest BCUT2D eigenvalue weighted by molar-refractivity contribution is 5.85. The molecule has 0 aromatic rings. The molecule has 4 heteroatoms. The second kappa shape index (κ2) is 8.52.